The topological polar surface area (TPSA) is 102 Å². The van der Waals surface area contributed by atoms with Crippen molar-refractivity contribution in [2.24, 2.45) is 11.8 Å². The summed E-state index contributed by atoms with van der Waals surface area (Å²) in [6, 6.07) is 1.64. The van der Waals surface area contributed by atoms with Crippen LogP contribution in [0.1, 0.15) is 89.5 Å². The van der Waals surface area contributed by atoms with Gasteiger partial charge in [0.25, 0.3) is 5.91 Å². The van der Waals surface area contributed by atoms with Crippen molar-refractivity contribution < 1.29 is 18.9 Å². The average Bonchev–Trinajstić information content (AvgIpc) is 3.49. The summed E-state index contributed by atoms with van der Waals surface area (Å²) in [4.78, 5) is 45.1. The van der Waals surface area contributed by atoms with E-state index in [4.69, 9.17) is 4.52 Å². The second-order valence-electron chi connectivity index (χ2n) is 11.4. The van der Waals surface area contributed by atoms with Crippen molar-refractivity contribution in [3.63, 3.8) is 0 Å². The summed E-state index contributed by atoms with van der Waals surface area (Å²) in [5, 5.41) is 7.36. The third-order valence-electron chi connectivity index (χ3n) is 7.03. The summed E-state index contributed by atoms with van der Waals surface area (Å²) >= 11 is 0. The highest BCUT2D eigenvalue weighted by atomic mass is 16.5. The normalized spacial score (nSPS) is 20.7. The van der Waals surface area contributed by atoms with E-state index in [1.807, 2.05) is 30.8 Å². The molecule has 3 amide bonds. The molecule has 4 heterocycles. The highest BCUT2D eigenvalue weighted by Crippen LogP contribution is 2.26. The molecule has 0 aromatic carbocycles. The van der Waals surface area contributed by atoms with Gasteiger partial charge in [0.1, 0.15) is 24.9 Å². The molecule has 0 saturated carbocycles. The molecule has 2 unspecified atom stereocenters. The number of aromatic nitrogens is 1. The fourth-order valence-corrected chi connectivity index (χ4v) is 4.36. The molecule has 3 aliphatic heterocycles. The fourth-order valence-electron chi connectivity index (χ4n) is 4.36. The molecule has 2 atom stereocenters. The predicted molar refractivity (Wildman–Crippen MR) is 148 cm³/mol. The van der Waals surface area contributed by atoms with Crippen LogP contribution in [0.15, 0.2) is 10.6 Å². The van der Waals surface area contributed by atoms with Crippen molar-refractivity contribution in [2.75, 3.05) is 53.4 Å². The van der Waals surface area contributed by atoms with E-state index in [9.17, 15) is 14.4 Å². The van der Waals surface area contributed by atoms with Gasteiger partial charge in [-0.3, -0.25) is 14.4 Å². The van der Waals surface area contributed by atoms with Crippen molar-refractivity contribution in [1.29, 1.82) is 0 Å². The standard InChI is InChI=1S/C20H30N6O4.2C4H10/c1-13(23(2)3)15-8-16(30-22-15)20(29)26-12-19(28)25-11-18(27)24(10-17(25)26)9-14-4-6-21-7-5-14;1-4(2)3;1-3-4-2/h8,13-14,17,21H,4-7,9-12H2,1-3H3;4H,1-3H3;3-4H2,1-2H3. The molecule has 4 rings (SSSR count). The lowest BCUT2D eigenvalue weighted by Crippen LogP contribution is -2.59. The lowest BCUT2D eigenvalue weighted by Gasteiger charge is -2.41. The molecule has 1 aromatic rings. The average molecular weight is 535 g/mol. The summed E-state index contributed by atoms with van der Waals surface area (Å²) in [5.41, 5.74) is 0.664. The van der Waals surface area contributed by atoms with E-state index in [1.54, 1.807) is 6.07 Å². The van der Waals surface area contributed by atoms with Gasteiger partial charge < -0.3 is 29.4 Å². The molecule has 0 aliphatic carbocycles. The highest BCUT2D eigenvalue weighted by molar-refractivity contribution is 5.98. The van der Waals surface area contributed by atoms with E-state index >= 15 is 0 Å². The first-order valence-corrected chi connectivity index (χ1v) is 14.2. The Kier molecular flexibility index (Phi) is 12.7. The Hall–Kier alpha value is -2.46. The van der Waals surface area contributed by atoms with E-state index in [1.165, 1.54) is 22.6 Å². The van der Waals surface area contributed by atoms with Crippen molar-refractivity contribution in [1.82, 2.24) is 30.1 Å². The second-order valence-corrected chi connectivity index (χ2v) is 11.4. The minimum absolute atomic E-state index is 0.000199. The van der Waals surface area contributed by atoms with Gasteiger partial charge >= 0.3 is 0 Å². The molecule has 0 radical (unpaired) electrons. The van der Waals surface area contributed by atoms with Crippen LogP contribution in [0.2, 0.25) is 0 Å². The summed E-state index contributed by atoms with van der Waals surface area (Å²) < 4.78 is 5.31. The molecular weight excluding hydrogens is 484 g/mol. The van der Waals surface area contributed by atoms with Crippen LogP contribution in [0.4, 0.5) is 0 Å². The van der Waals surface area contributed by atoms with Gasteiger partial charge in [-0.2, -0.15) is 0 Å². The number of piperazine rings is 1. The lowest BCUT2D eigenvalue weighted by atomic mass is 9.97. The quantitative estimate of drug-likeness (QED) is 0.598. The van der Waals surface area contributed by atoms with Gasteiger partial charge in [-0.05, 0) is 58.8 Å². The molecule has 3 aliphatic rings. The zero-order valence-electron chi connectivity index (χ0n) is 24.8. The fraction of sp³-hybridized carbons (Fsp3) is 0.786. The maximum Gasteiger partial charge on any atom is 0.294 e. The number of nitrogens with zero attached hydrogens (tertiary/aromatic N) is 5. The Morgan fingerprint density at radius 3 is 2.24 bits per heavy atom. The Morgan fingerprint density at radius 1 is 1.08 bits per heavy atom. The first-order valence-electron chi connectivity index (χ1n) is 14.2. The van der Waals surface area contributed by atoms with Crippen molar-refractivity contribution >= 4 is 17.7 Å². The van der Waals surface area contributed by atoms with Crippen LogP contribution >= 0.6 is 0 Å². The van der Waals surface area contributed by atoms with Crippen LogP contribution in [0.5, 0.6) is 0 Å². The first kappa shape index (κ1) is 31.8. The summed E-state index contributed by atoms with van der Waals surface area (Å²) in [5.74, 6) is 0.790. The van der Waals surface area contributed by atoms with Gasteiger partial charge in [-0.15, -0.1) is 0 Å². The number of unbranched alkanes of at least 4 members (excludes halogenated alkanes) is 1. The van der Waals surface area contributed by atoms with Crippen LogP contribution in [-0.4, -0.2) is 102 Å². The largest absolute Gasteiger partial charge is 0.351 e. The molecule has 10 nitrogen and oxygen atoms in total. The van der Waals surface area contributed by atoms with Crippen LogP contribution in [0.25, 0.3) is 0 Å². The van der Waals surface area contributed by atoms with Gasteiger partial charge in [0.05, 0.1) is 12.6 Å². The monoisotopic (exact) mass is 534 g/mol. The van der Waals surface area contributed by atoms with Gasteiger partial charge in [-0.25, -0.2) is 0 Å². The van der Waals surface area contributed by atoms with Crippen LogP contribution in [0, 0.1) is 11.8 Å². The molecular formula is C28H50N6O4. The second kappa shape index (κ2) is 15.2. The number of rotatable bonds is 6. The number of amides is 3. The van der Waals surface area contributed by atoms with Gasteiger partial charge in [0.15, 0.2) is 0 Å². The van der Waals surface area contributed by atoms with E-state index in [-0.39, 0.29) is 42.6 Å². The van der Waals surface area contributed by atoms with E-state index in [0.29, 0.717) is 24.7 Å². The van der Waals surface area contributed by atoms with Crippen molar-refractivity contribution in [2.45, 2.75) is 79.4 Å². The smallest absolute Gasteiger partial charge is 0.294 e. The number of nitrogens with one attached hydrogen (secondary N) is 1. The zero-order valence-corrected chi connectivity index (χ0v) is 24.8. The number of hydrogen-bond acceptors (Lipinski definition) is 7. The molecule has 216 valence electrons. The first-order chi connectivity index (χ1) is 18.0. The van der Waals surface area contributed by atoms with Crippen LogP contribution < -0.4 is 5.32 Å². The summed E-state index contributed by atoms with van der Waals surface area (Å²) in [6.07, 6.45) is 4.25. The van der Waals surface area contributed by atoms with Gasteiger partial charge in [-0.1, -0.05) is 52.6 Å². The molecule has 1 N–H and O–H groups in total. The van der Waals surface area contributed by atoms with E-state index < -0.39 is 6.17 Å². The summed E-state index contributed by atoms with van der Waals surface area (Å²) in [6.45, 7) is 15.8. The van der Waals surface area contributed by atoms with Gasteiger partial charge in [0.2, 0.25) is 17.6 Å². The molecule has 1 aromatic heterocycles. The minimum atomic E-state index is -0.454. The Bertz CT molecular complexity index is 891. The highest BCUT2D eigenvalue weighted by Gasteiger charge is 2.47. The maximum atomic E-state index is 13.1. The zero-order chi connectivity index (χ0) is 28.4. The van der Waals surface area contributed by atoms with Crippen LogP contribution in [0.3, 0.4) is 0 Å². The van der Waals surface area contributed by atoms with E-state index in [0.717, 1.165) is 31.8 Å². The summed E-state index contributed by atoms with van der Waals surface area (Å²) in [7, 11) is 3.85. The van der Waals surface area contributed by atoms with Gasteiger partial charge in [0, 0.05) is 12.6 Å². The SMILES string of the molecule is CC(C)C.CC(c1cc(C(=O)N2CC(=O)N3CC(=O)N(CC4CCNCC4)CC32)on1)N(C)C.CCCC. The number of fused-ring (bicyclic) bond motifs is 1. The lowest BCUT2D eigenvalue weighted by molar-refractivity contribution is -0.146. The molecule has 3 saturated heterocycles. The molecule has 10 heteroatoms. The predicted octanol–water partition coefficient (Wildman–Crippen LogP) is 3.22. The third kappa shape index (κ3) is 8.80. The number of carbonyl (C=O) groups excluding carboxylic acids is 3. The maximum absolute atomic E-state index is 13.1. The molecule has 38 heavy (non-hydrogen) atoms. The van der Waals surface area contributed by atoms with Crippen molar-refractivity contribution in [3.8, 4) is 0 Å². The Balaban J connectivity index is 0.000000559. The van der Waals surface area contributed by atoms with Crippen LogP contribution in [-0.2, 0) is 9.59 Å². The molecule has 3 fully saturated rings. The molecule has 0 bridgehead atoms. The Labute approximate surface area is 229 Å². The Morgan fingerprint density at radius 2 is 1.68 bits per heavy atom. The number of hydrogen-bond donors (Lipinski definition) is 1. The van der Waals surface area contributed by atoms with Crippen molar-refractivity contribution in [3.05, 3.63) is 17.5 Å². The van der Waals surface area contributed by atoms with E-state index in [2.05, 4.69) is 45.1 Å². The number of carbonyl (C=O) groups is 3. The third-order valence-corrected chi connectivity index (χ3v) is 7.03. The minimum Gasteiger partial charge on any atom is -0.351 e. The number of piperidine rings is 1. The molecule has 0 spiro atoms.